The fourth-order valence-corrected chi connectivity index (χ4v) is 5.43. The predicted octanol–water partition coefficient (Wildman–Crippen LogP) is 3.83. The minimum atomic E-state index is 0.0407. The number of benzene rings is 1. The summed E-state index contributed by atoms with van der Waals surface area (Å²) in [5.74, 6) is 1.38. The summed E-state index contributed by atoms with van der Waals surface area (Å²) in [4.78, 5) is 16.9. The quantitative estimate of drug-likeness (QED) is 0.660. The third-order valence-corrected chi connectivity index (χ3v) is 6.65. The molecule has 6 heteroatoms. The molecule has 1 aromatic heterocycles. The smallest absolute Gasteiger partial charge is 0.224 e. The van der Waals surface area contributed by atoms with Crippen molar-refractivity contribution in [2.75, 3.05) is 12.3 Å². The Morgan fingerprint density at radius 2 is 2.22 bits per heavy atom. The van der Waals surface area contributed by atoms with E-state index in [4.69, 9.17) is 5.26 Å². The van der Waals surface area contributed by atoms with Crippen molar-refractivity contribution in [1.82, 2.24) is 10.3 Å². The molecule has 3 rings (SSSR count). The molecule has 1 amide bonds. The Hall–Kier alpha value is -1.58. The van der Waals surface area contributed by atoms with E-state index in [1.165, 1.54) is 11.1 Å². The molecule has 0 radical (unpaired) electrons. The van der Waals surface area contributed by atoms with Crippen LogP contribution in [0.2, 0.25) is 0 Å². The molecule has 4 nitrogen and oxygen atoms in total. The molecule has 1 saturated carbocycles. The van der Waals surface area contributed by atoms with Gasteiger partial charge in [0.2, 0.25) is 5.91 Å². The Bertz CT molecular complexity index is 689. The van der Waals surface area contributed by atoms with Crippen LogP contribution in [-0.4, -0.2) is 23.2 Å². The first-order valence-corrected chi connectivity index (χ1v) is 9.71. The minimum Gasteiger partial charge on any atom is -0.343 e. The van der Waals surface area contributed by atoms with Gasteiger partial charge in [-0.2, -0.15) is 5.26 Å². The van der Waals surface area contributed by atoms with Crippen LogP contribution in [0.1, 0.15) is 25.7 Å². The van der Waals surface area contributed by atoms with Gasteiger partial charge in [0.25, 0.3) is 0 Å². The van der Waals surface area contributed by atoms with E-state index in [1.54, 1.807) is 23.1 Å². The van der Waals surface area contributed by atoms with E-state index in [-0.39, 0.29) is 18.4 Å². The van der Waals surface area contributed by atoms with Crippen molar-refractivity contribution in [1.29, 1.82) is 5.26 Å². The number of para-hydroxylation sites is 1. The number of thioether (sulfide) groups is 1. The molecule has 1 fully saturated rings. The number of nitrogens with one attached hydrogen (secondary N) is 1. The molecular weight excluding hydrogens is 326 g/mol. The second-order valence-corrected chi connectivity index (χ2v) is 8.08. The average molecular weight is 345 g/mol. The summed E-state index contributed by atoms with van der Waals surface area (Å²) in [6.07, 6.45) is 4.31. The number of nitrogens with zero attached hydrogens (tertiary/aromatic N) is 2. The Morgan fingerprint density at radius 1 is 1.39 bits per heavy atom. The molecule has 0 spiro atoms. The van der Waals surface area contributed by atoms with Crippen molar-refractivity contribution in [3.05, 3.63) is 24.3 Å². The van der Waals surface area contributed by atoms with Gasteiger partial charge in [0, 0.05) is 11.7 Å². The van der Waals surface area contributed by atoms with Gasteiger partial charge in [0.05, 0.1) is 16.3 Å². The fraction of sp³-hybridized carbons (Fsp3) is 0.471. The lowest BCUT2D eigenvalue weighted by molar-refractivity contribution is -0.127. The molecule has 2 atom stereocenters. The summed E-state index contributed by atoms with van der Waals surface area (Å²) in [5.41, 5.74) is 1.05. The van der Waals surface area contributed by atoms with Gasteiger partial charge in [-0.1, -0.05) is 36.7 Å². The average Bonchev–Trinajstić information content (AvgIpc) is 3.01. The zero-order chi connectivity index (χ0) is 16.1. The van der Waals surface area contributed by atoms with E-state index in [0.717, 1.165) is 34.9 Å². The van der Waals surface area contributed by atoms with Crippen LogP contribution in [0.4, 0.5) is 0 Å². The highest BCUT2D eigenvalue weighted by Gasteiger charge is 2.30. The maximum absolute atomic E-state index is 12.2. The summed E-state index contributed by atoms with van der Waals surface area (Å²) in [5, 5.41) is 11.4. The van der Waals surface area contributed by atoms with Gasteiger partial charge >= 0.3 is 0 Å². The van der Waals surface area contributed by atoms with E-state index in [0.29, 0.717) is 5.92 Å². The molecule has 2 aromatic rings. The number of hydrogen-bond acceptors (Lipinski definition) is 5. The lowest BCUT2D eigenvalue weighted by Gasteiger charge is -2.29. The largest absolute Gasteiger partial charge is 0.343 e. The number of fused-ring (bicyclic) bond motifs is 1. The lowest BCUT2D eigenvalue weighted by atomic mass is 9.80. The van der Waals surface area contributed by atoms with Gasteiger partial charge in [0.15, 0.2) is 4.34 Å². The lowest BCUT2D eigenvalue weighted by Crippen LogP contribution is -2.37. The number of aromatic nitrogens is 1. The summed E-state index contributed by atoms with van der Waals surface area (Å²) in [6.45, 7) is 0.104. The maximum Gasteiger partial charge on any atom is 0.224 e. The first-order chi connectivity index (χ1) is 11.3. The van der Waals surface area contributed by atoms with Crippen molar-refractivity contribution in [2.45, 2.75) is 30.0 Å². The third-order valence-electron chi connectivity index (χ3n) is 4.28. The van der Waals surface area contributed by atoms with Crippen molar-refractivity contribution in [2.24, 2.45) is 11.8 Å². The van der Waals surface area contributed by atoms with Crippen molar-refractivity contribution in [3.63, 3.8) is 0 Å². The van der Waals surface area contributed by atoms with E-state index >= 15 is 0 Å². The van der Waals surface area contributed by atoms with Crippen LogP contribution in [-0.2, 0) is 4.79 Å². The Balaban J connectivity index is 1.62. The van der Waals surface area contributed by atoms with E-state index in [9.17, 15) is 4.79 Å². The van der Waals surface area contributed by atoms with Crippen LogP contribution in [0.5, 0.6) is 0 Å². The molecule has 23 heavy (non-hydrogen) atoms. The molecule has 1 aliphatic rings. The second kappa shape index (κ2) is 7.80. The van der Waals surface area contributed by atoms with Crippen LogP contribution in [0.25, 0.3) is 10.2 Å². The van der Waals surface area contributed by atoms with Crippen LogP contribution in [0.3, 0.4) is 0 Å². The van der Waals surface area contributed by atoms with Gasteiger partial charge in [-0.05, 0) is 30.9 Å². The molecule has 0 bridgehead atoms. The molecule has 1 heterocycles. The van der Waals surface area contributed by atoms with Crippen molar-refractivity contribution < 1.29 is 4.79 Å². The summed E-state index contributed by atoms with van der Waals surface area (Å²) >= 11 is 3.48. The molecule has 0 aliphatic heterocycles. The number of carbonyl (C=O) groups is 1. The number of rotatable bonds is 5. The van der Waals surface area contributed by atoms with Gasteiger partial charge in [-0.3, -0.25) is 4.79 Å². The van der Waals surface area contributed by atoms with Crippen molar-refractivity contribution >= 4 is 39.2 Å². The number of hydrogen-bond donors (Lipinski definition) is 1. The summed E-state index contributed by atoms with van der Waals surface area (Å²) in [6, 6.07) is 10.1. The van der Waals surface area contributed by atoms with Crippen LogP contribution in [0, 0.1) is 23.2 Å². The van der Waals surface area contributed by atoms with Crippen molar-refractivity contribution in [3.8, 4) is 6.07 Å². The zero-order valence-electron chi connectivity index (χ0n) is 12.8. The molecular formula is C17H19N3OS2. The maximum atomic E-state index is 12.2. The van der Waals surface area contributed by atoms with E-state index in [1.807, 2.05) is 24.3 Å². The summed E-state index contributed by atoms with van der Waals surface area (Å²) < 4.78 is 2.29. The monoisotopic (exact) mass is 345 g/mol. The number of amides is 1. The number of thiazole rings is 1. The van der Waals surface area contributed by atoms with Gasteiger partial charge < -0.3 is 5.32 Å². The standard InChI is InChI=1S/C17H19N3OS2/c18-9-10-19-16(21)13-6-2-1-5-12(13)11-22-17-20-14-7-3-4-8-15(14)23-17/h3-4,7-8,12-13H,1-2,5-6,10-11H2,(H,19,21)/t12-,13+/m0/s1. The molecule has 0 saturated heterocycles. The zero-order valence-corrected chi connectivity index (χ0v) is 14.5. The highest BCUT2D eigenvalue weighted by atomic mass is 32.2. The van der Waals surface area contributed by atoms with Crippen LogP contribution in [0.15, 0.2) is 28.6 Å². The van der Waals surface area contributed by atoms with E-state index in [2.05, 4.69) is 16.4 Å². The molecule has 0 unspecified atom stereocenters. The summed E-state index contributed by atoms with van der Waals surface area (Å²) in [7, 11) is 0. The number of nitriles is 1. The number of carbonyl (C=O) groups excluding carboxylic acids is 1. The molecule has 120 valence electrons. The highest BCUT2D eigenvalue weighted by molar-refractivity contribution is 8.01. The molecule has 1 N–H and O–H groups in total. The SMILES string of the molecule is N#CCNC(=O)[C@@H]1CCCC[C@H]1CSc1nc2ccccc2s1. The third kappa shape index (κ3) is 4.04. The highest BCUT2D eigenvalue weighted by Crippen LogP contribution is 2.36. The first kappa shape index (κ1) is 16.3. The van der Waals surface area contributed by atoms with Gasteiger partial charge in [-0.25, -0.2) is 4.98 Å². The Morgan fingerprint density at radius 3 is 3.04 bits per heavy atom. The normalized spacial score (nSPS) is 21.0. The topological polar surface area (TPSA) is 65.8 Å². The van der Waals surface area contributed by atoms with E-state index < -0.39 is 0 Å². The Kier molecular flexibility index (Phi) is 5.52. The minimum absolute atomic E-state index is 0.0407. The van der Waals surface area contributed by atoms with Crippen LogP contribution < -0.4 is 5.32 Å². The molecule has 1 aliphatic carbocycles. The fourth-order valence-electron chi connectivity index (χ4n) is 3.10. The van der Waals surface area contributed by atoms with Crippen LogP contribution >= 0.6 is 23.1 Å². The van der Waals surface area contributed by atoms with Gasteiger partial charge in [0.1, 0.15) is 6.54 Å². The second-order valence-electron chi connectivity index (χ2n) is 5.79. The first-order valence-electron chi connectivity index (χ1n) is 7.91. The van der Waals surface area contributed by atoms with Gasteiger partial charge in [-0.15, -0.1) is 11.3 Å². The predicted molar refractivity (Wildman–Crippen MR) is 94.4 cm³/mol. The Labute approximate surface area is 144 Å². The molecule has 1 aromatic carbocycles.